The third-order valence-electron chi connectivity index (χ3n) is 3.63. The van der Waals surface area contributed by atoms with E-state index >= 15 is 0 Å². The van der Waals surface area contributed by atoms with Gasteiger partial charge in [-0.25, -0.2) is 0 Å². The van der Waals surface area contributed by atoms with Gasteiger partial charge in [-0.2, -0.15) is 0 Å². The van der Waals surface area contributed by atoms with Gasteiger partial charge in [-0.1, -0.05) is 20.8 Å². The van der Waals surface area contributed by atoms with Gasteiger partial charge in [0.05, 0.1) is 24.9 Å². The lowest BCUT2D eigenvalue weighted by molar-refractivity contribution is -0.251. The van der Waals surface area contributed by atoms with Crippen molar-refractivity contribution in [1.29, 1.82) is 0 Å². The Hall–Kier alpha value is -1.51. The molecule has 0 radical (unpaired) electrons. The number of esters is 1. The van der Waals surface area contributed by atoms with Crippen molar-refractivity contribution in [3.63, 3.8) is 0 Å². The minimum atomic E-state index is -0.820. The van der Waals surface area contributed by atoms with E-state index in [4.69, 9.17) is 14.2 Å². The molecule has 0 fully saturated rings. The van der Waals surface area contributed by atoms with Crippen LogP contribution in [-0.4, -0.2) is 60.5 Å². The molecule has 2 N–H and O–H groups in total. The molecule has 0 bridgehead atoms. The molecule has 8 heteroatoms. The molecule has 0 aliphatic heterocycles. The molecule has 0 aromatic carbocycles. The Kier molecular flexibility index (Phi) is 11.5. The zero-order valence-corrected chi connectivity index (χ0v) is 18.3. The van der Waals surface area contributed by atoms with Crippen LogP contribution in [0.25, 0.3) is 0 Å². The number of amides is 1. The monoisotopic (exact) mass is 403 g/mol. The van der Waals surface area contributed by atoms with Crippen LogP contribution in [0.4, 0.5) is 0 Å². The molecule has 1 amide bonds. The van der Waals surface area contributed by atoms with Crippen LogP contribution in [0.5, 0.6) is 0 Å². The van der Waals surface area contributed by atoms with Gasteiger partial charge in [0.25, 0.3) is 0 Å². The maximum atomic E-state index is 11.9. The van der Waals surface area contributed by atoms with Gasteiger partial charge in [0.15, 0.2) is 6.29 Å². The van der Waals surface area contributed by atoms with Gasteiger partial charge in [0.1, 0.15) is 12.4 Å². The Morgan fingerprint density at radius 3 is 2.11 bits per heavy atom. The van der Waals surface area contributed by atoms with Crippen molar-refractivity contribution in [2.45, 2.75) is 85.7 Å². The Morgan fingerprint density at radius 1 is 1.04 bits per heavy atom. The Balaban J connectivity index is 4.50. The van der Waals surface area contributed by atoms with Gasteiger partial charge in [-0.05, 0) is 39.5 Å². The number of hydrogen-bond acceptors (Lipinski definition) is 7. The quantitative estimate of drug-likeness (QED) is 0.378. The van der Waals surface area contributed by atoms with Crippen LogP contribution in [0.1, 0.15) is 67.7 Å². The topological polar surface area (TPSA) is 111 Å². The van der Waals surface area contributed by atoms with Crippen LogP contribution in [0.15, 0.2) is 0 Å². The van der Waals surface area contributed by atoms with Crippen LogP contribution in [0.2, 0.25) is 0 Å². The van der Waals surface area contributed by atoms with Gasteiger partial charge in [0, 0.05) is 12.8 Å². The summed E-state index contributed by atoms with van der Waals surface area (Å²) in [5, 5.41) is 12.1. The third kappa shape index (κ3) is 13.6. The van der Waals surface area contributed by atoms with Crippen molar-refractivity contribution in [3.8, 4) is 0 Å². The second-order valence-corrected chi connectivity index (χ2v) is 8.85. The third-order valence-corrected chi connectivity index (χ3v) is 3.63. The van der Waals surface area contributed by atoms with E-state index in [2.05, 4.69) is 5.32 Å². The van der Waals surface area contributed by atoms with Crippen molar-refractivity contribution in [2.24, 2.45) is 5.41 Å². The molecule has 0 saturated carbocycles. The number of aliphatic hydroxyl groups excluding tert-OH is 1. The van der Waals surface area contributed by atoms with Gasteiger partial charge in [0.2, 0.25) is 5.91 Å². The second-order valence-electron chi connectivity index (χ2n) is 8.85. The Labute approximate surface area is 168 Å². The number of aliphatic hydroxyl groups is 1. The van der Waals surface area contributed by atoms with Gasteiger partial charge < -0.3 is 24.6 Å². The number of carbonyl (C=O) groups is 3. The largest absolute Gasteiger partial charge is 0.460 e. The highest BCUT2D eigenvalue weighted by Crippen LogP contribution is 2.25. The standard InChI is InChI=1S/C20H37NO7/c1-14(23)11-21-16(24)9-8-10-17(25)26-13-18(28-20(5,6)7)27-15(12-22)19(2,3)4/h15,18,22H,8-13H2,1-7H3,(H,21,24). The molecular weight excluding hydrogens is 366 g/mol. The Bertz CT molecular complexity index is 506. The lowest BCUT2D eigenvalue weighted by atomic mass is 9.89. The summed E-state index contributed by atoms with van der Waals surface area (Å²) in [7, 11) is 0. The summed E-state index contributed by atoms with van der Waals surface area (Å²) in [6.07, 6.45) is -0.784. The fourth-order valence-corrected chi connectivity index (χ4v) is 2.14. The summed E-state index contributed by atoms with van der Waals surface area (Å²) in [6, 6.07) is 0. The highest BCUT2D eigenvalue weighted by atomic mass is 16.7. The van der Waals surface area contributed by atoms with E-state index in [0.717, 1.165) is 0 Å². The van der Waals surface area contributed by atoms with Crippen molar-refractivity contribution < 1.29 is 33.7 Å². The van der Waals surface area contributed by atoms with E-state index in [0.29, 0.717) is 6.42 Å². The number of nitrogens with one attached hydrogen (secondary N) is 1. The molecule has 0 aliphatic carbocycles. The molecule has 8 nitrogen and oxygen atoms in total. The number of ether oxygens (including phenoxy) is 3. The highest BCUT2D eigenvalue weighted by Gasteiger charge is 2.30. The fraction of sp³-hybridized carbons (Fsp3) is 0.850. The average Bonchev–Trinajstić information content (AvgIpc) is 2.52. The van der Waals surface area contributed by atoms with Crippen LogP contribution in [0.3, 0.4) is 0 Å². The first-order chi connectivity index (χ1) is 12.7. The molecule has 28 heavy (non-hydrogen) atoms. The molecule has 0 heterocycles. The van der Waals surface area contributed by atoms with Crippen LogP contribution in [0, 0.1) is 5.41 Å². The average molecular weight is 404 g/mol. The summed E-state index contributed by atoms with van der Waals surface area (Å²) in [5.74, 6) is -0.882. The highest BCUT2D eigenvalue weighted by molar-refractivity contribution is 5.84. The molecule has 0 aromatic heterocycles. The first-order valence-electron chi connectivity index (χ1n) is 9.60. The van der Waals surface area contributed by atoms with E-state index in [1.54, 1.807) is 0 Å². The number of Topliss-reactive ketones (excluding diaryl/α,β-unsaturated/α-hetero) is 1. The van der Waals surface area contributed by atoms with Crippen molar-refractivity contribution in [1.82, 2.24) is 5.32 Å². The van der Waals surface area contributed by atoms with Gasteiger partial charge >= 0.3 is 5.97 Å². The number of ketones is 1. The first-order valence-corrected chi connectivity index (χ1v) is 9.60. The predicted octanol–water partition coefficient (Wildman–Crippen LogP) is 1.97. The van der Waals surface area contributed by atoms with Gasteiger partial charge in [-0.3, -0.25) is 14.4 Å². The summed E-state index contributed by atoms with van der Waals surface area (Å²) in [6.45, 7) is 12.5. The summed E-state index contributed by atoms with van der Waals surface area (Å²) < 4.78 is 16.9. The second kappa shape index (κ2) is 12.1. The minimum Gasteiger partial charge on any atom is -0.460 e. The number of hydrogen-bond donors (Lipinski definition) is 2. The molecule has 164 valence electrons. The SMILES string of the molecule is CC(=O)CNC(=O)CCCC(=O)OCC(OC(CO)C(C)(C)C)OC(C)(C)C. The molecule has 2 unspecified atom stereocenters. The van der Waals surface area contributed by atoms with E-state index in [1.807, 2.05) is 41.5 Å². The maximum Gasteiger partial charge on any atom is 0.305 e. The molecule has 0 rings (SSSR count). The van der Waals surface area contributed by atoms with Crippen LogP contribution < -0.4 is 5.32 Å². The zero-order valence-electron chi connectivity index (χ0n) is 18.3. The van der Waals surface area contributed by atoms with Gasteiger partial charge in [-0.15, -0.1) is 0 Å². The predicted molar refractivity (Wildman–Crippen MR) is 105 cm³/mol. The lowest BCUT2D eigenvalue weighted by Crippen LogP contribution is -2.42. The number of carbonyl (C=O) groups excluding carboxylic acids is 3. The molecular formula is C20H37NO7. The summed E-state index contributed by atoms with van der Waals surface area (Å²) in [5.41, 5.74) is -0.838. The Morgan fingerprint density at radius 2 is 1.64 bits per heavy atom. The molecule has 2 atom stereocenters. The van der Waals surface area contributed by atoms with Crippen LogP contribution >= 0.6 is 0 Å². The normalized spacial score (nSPS) is 14.3. The van der Waals surface area contributed by atoms with Crippen LogP contribution in [-0.2, 0) is 28.6 Å². The summed E-state index contributed by atoms with van der Waals surface area (Å²) >= 11 is 0. The molecule has 0 aromatic rings. The zero-order chi connectivity index (χ0) is 22.0. The molecule has 0 spiro atoms. The summed E-state index contributed by atoms with van der Waals surface area (Å²) in [4.78, 5) is 34.3. The van der Waals surface area contributed by atoms with E-state index in [-0.39, 0.29) is 49.7 Å². The van der Waals surface area contributed by atoms with Crippen molar-refractivity contribution in [3.05, 3.63) is 0 Å². The van der Waals surface area contributed by atoms with Crippen molar-refractivity contribution >= 4 is 17.7 Å². The lowest BCUT2D eigenvalue weighted by Gasteiger charge is -2.35. The first kappa shape index (κ1) is 26.5. The van der Waals surface area contributed by atoms with E-state index in [1.165, 1.54) is 6.92 Å². The van der Waals surface area contributed by atoms with E-state index < -0.39 is 24.0 Å². The molecule has 0 aliphatic rings. The minimum absolute atomic E-state index is 0.00770. The van der Waals surface area contributed by atoms with E-state index in [9.17, 15) is 19.5 Å². The van der Waals surface area contributed by atoms with Crippen molar-refractivity contribution in [2.75, 3.05) is 19.8 Å². The fourth-order valence-electron chi connectivity index (χ4n) is 2.14. The number of rotatable bonds is 12. The molecule has 0 saturated heterocycles. The maximum absolute atomic E-state index is 11.9. The smallest absolute Gasteiger partial charge is 0.305 e.